The zero-order valence-corrected chi connectivity index (χ0v) is 16.8. The van der Waals surface area contributed by atoms with Gasteiger partial charge in [-0.2, -0.15) is 0 Å². The first-order chi connectivity index (χ1) is 15.6. The van der Waals surface area contributed by atoms with Gasteiger partial charge >= 0.3 is 5.97 Å². The van der Waals surface area contributed by atoms with Gasteiger partial charge in [-0.25, -0.2) is 19.7 Å². The highest BCUT2D eigenvalue weighted by Crippen LogP contribution is 2.25. The van der Waals surface area contributed by atoms with E-state index >= 15 is 0 Å². The molecule has 0 aliphatic heterocycles. The second-order valence-corrected chi connectivity index (χ2v) is 6.67. The van der Waals surface area contributed by atoms with Gasteiger partial charge in [0, 0.05) is 36.9 Å². The van der Waals surface area contributed by atoms with E-state index in [2.05, 4.69) is 25.6 Å². The Morgan fingerprint density at radius 1 is 0.906 bits per heavy atom. The summed E-state index contributed by atoms with van der Waals surface area (Å²) in [6.45, 7) is 0.956. The van der Waals surface area contributed by atoms with Crippen LogP contribution in [0.3, 0.4) is 0 Å². The molecule has 2 heterocycles. The van der Waals surface area contributed by atoms with Crippen molar-refractivity contribution in [2.75, 3.05) is 23.7 Å². The quantitative estimate of drug-likeness (QED) is 0.141. The summed E-state index contributed by atoms with van der Waals surface area (Å²) in [4.78, 5) is 34.8. The van der Waals surface area contributed by atoms with Crippen molar-refractivity contribution in [1.29, 1.82) is 0 Å². The molecule has 160 valence electrons. The third-order valence-corrected chi connectivity index (χ3v) is 4.51. The second kappa shape index (κ2) is 9.47. The highest BCUT2D eigenvalue weighted by Gasteiger charge is 2.12. The fourth-order valence-corrected chi connectivity index (χ4v) is 2.93. The Labute approximate surface area is 182 Å². The van der Waals surface area contributed by atoms with Crippen LogP contribution in [0.15, 0.2) is 73.2 Å². The molecule has 10 heteroatoms. The van der Waals surface area contributed by atoms with Gasteiger partial charge in [0.05, 0.1) is 10.5 Å². The van der Waals surface area contributed by atoms with Crippen molar-refractivity contribution in [2.24, 2.45) is 0 Å². The maximum absolute atomic E-state index is 12.5. The Bertz CT molecular complexity index is 1240. The molecule has 0 aliphatic carbocycles. The van der Waals surface area contributed by atoms with E-state index in [1.165, 1.54) is 30.7 Å². The Balaban J connectivity index is 1.29. The van der Waals surface area contributed by atoms with E-state index in [0.29, 0.717) is 30.6 Å². The summed E-state index contributed by atoms with van der Waals surface area (Å²) in [7, 11) is 0. The fraction of sp³-hybridized carbons (Fsp3) is 0.0909. The lowest BCUT2D eigenvalue weighted by Crippen LogP contribution is -2.16. The molecule has 10 nitrogen and oxygen atoms in total. The Kier molecular flexibility index (Phi) is 6.12. The predicted octanol–water partition coefficient (Wildman–Crippen LogP) is 3.68. The van der Waals surface area contributed by atoms with E-state index in [4.69, 9.17) is 4.74 Å². The number of fused-ring (bicyclic) bond motifs is 1. The highest BCUT2D eigenvalue weighted by atomic mass is 16.6. The minimum absolute atomic E-state index is 0.0684. The summed E-state index contributed by atoms with van der Waals surface area (Å²) in [6, 6.07) is 16.1. The maximum atomic E-state index is 12.5. The molecule has 2 N–H and O–H groups in total. The van der Waals surface area contributed by atoms with Crippen molar-refractivity contribution < 1.29 is 14.5 Å². The smallest absolute Gasteiger partial charge is 0.346 e. The standard InChI is InChI=1S/C22H18N6O4/c29-21(32-19-7-3-5-15-4-1-2-6-18(15)19)16-12-26-22(27-13-16)24-11-10-23-20-9-8-17(14-25-20)28(30)31/h1-9,12-14H,10-11H2,(H,23,25)(H,24,26,27). The predicted molar refractivity (Wildman–Crippen MR) is 119 cm³/mol. The van der Waals surface area contributed by atoms with Crippen molar-refractivity contribution in [1.82, 2.24) is 15.0 Å². The highest BCUT2D eigenvalue weighted by molar-refractivity contribution is 5.95. The molecule has 0 saturated carbocycles. The van der Waals surface area contributed by atoms with Crippen molar-refractivity contribution >= 4 is 34.2 Å². The first-order valence-corrected chi connectivity index (χ1v) is 9.70. The van der Waals surface area contributed by atoms with E-state index in [0.717, 1.165) is 10.8 Å². The largest absolute Gasteiger partial charge is 0.422 e. The number of ether oxygens (including phenoxy) is 1. The third kappa shape index (κ3) is 4.93. The number of carbonyl (C=O) groups excluding carboxylic acids is 1. The lowest BCUT2D eigenvalue weighted by Gasteiger charge is -2.09. The number of hydrogen-bond acceptors (Lipinski definition) is 9. The van der Waals surface area contributed by atoms with Gasteiger partial charge < -0.3 is 15.4 Å². The minimum atomic E-state index is -0.543. The molecule has 2 aromatic carbocycles. The van der Waals surface area contributed by atoms with Gasteiger partial charge in [-0.1, -0.05) is 36.4 Å². The summed E-state index contributed by atoms with van der Waals surface area (Å²) < 4.78 is 5.53. The monoisotopic (exact) mass is 430 g/mol. The van der Waals surface area contributed by atoms with Gasteiger partial charge in [-0.15, -0.1) is 0 Å². The van der Waals surface area contributed by atoms with Crippen LogP contribution in [-0.4, -0.2) is 38.9 Å². The number of nitro groups is 1. The van der Waals surface area contributed by atoms with Crippen LogP contribution < -0.4 is 15.4 Å². The molecule has 32 heavy (non-hydrogen) atoms. The number of esters is 1. The topological polar surface area (TPSA) is 132 Å². The summed E-state index contributed by atoms with van der Waals surface area (Å²) in [5.41, 5.74) is 0.165. The number of benzene rings is 2. The van der Waals surface area contributed by atoms with E-state index < -0.39 is 10.9 Å². The van der Waals surface area contributed by atoms with Gasteiger partial charge in [-0.3, -0.25) is 10.1 Å². The zero-order chi connectivity index (χ0) is 22.3. The van der Waals surface area contributed by atoms with E-state index in [1.54, 1.807) is 6.07 Å². The first kappa shape index (κ1) is 20.7. The van der Waals surface area contributed by atoms with Crippen molar-refractivity contribution in [3.63, 3.8) is 0 Å². The molecule has 0 atom stereocenters. The molecule has 0 spiro atoms. The molecule has 0 radical (unpaired) electrons. The average Bonchev–Trinajstić information content (AvgIpc) is 2.83. The molecular weight excluding hydrogens is 412 g/mol. The molecule has 2 aromatic heterocycles. The van der Waals surface area contributed by atoms with Crippen LogP contribution in [-0.2, 0) is 0 Å². The Morgan fingerprint density at radius 3 is 2.41 bits per heavy atom. The second-order valence-electron chi connectivity index (χ2n) is 6.67. The van der Waals surface area contributed by atoms with Crippen molar-refractivity contribution in [3.8, 4) is 5.75 Å². The Hall–Kier alpha value is -4.60. The van der Waals surface area contributed by atoms with Gasteiger partial charge in [0.15, 0.2) is 0 Å². The first-order valence-electron chi connectivity index (χ1n) is 9.70. The number of nitrogens with zero attached hydrogens (tertiary/aromatic N) is 4. The van der Waals surface area contributed by atoms with Crippen LogP contribution >= 0.6 is 0 Å². The lowest BCUT2D eigenvalue weighted by molar-refractivity contribution is -0.385. The zero-order valence-electron chi connectivity index (χ0n) is 16.8. The number of nitrogens with one attached hydrogen (secondary N) is 2. The number of rotatable bonds is 8. The van der Waals surface area contributed by atoms with Crippen LogP contribution in [0, 0.1) is 10.1 Å². The van der Waals surface area contributed by atoms with Gasteiger partial charge in [0.1, 0.15) is 17.8 Å². The number of carbonyl (C=O) groups is 1. The lowest BCUT2D eigenvalue weighted by atomic mass is 10.1. The molecule has 4 rings (SSSR count). The average molecular weight is 430 g/mol. The maximum Gasteiger partial charge on any atom is 0.346 e. The number of hydrogen-bond donors (Lipinski definition) is 2. The van der Waals surface area contributed by atoms with Crippen LogP contribution in [0.4, 0.5) is 17.5 Å². The molecular formula is C22H18N6O4. The van der Waals surface area contributed by atoms with E-state index in [9.17, 15) is 14.9 Å². The van der Waals surface area contributed by atoms with Crippen molar-refractivity contribution in [2.45, 2.75) is 0 Å². The summed E-state index contributed by atoms with van der Waals surface area (Å²) >= 11 is 0. The SMILES string of the molecule is O=C(Oc1cccc2ccccc12)c1cnc(NCCNc2ccc([N+](=O)[O-])cn2)nc1. The fourth-order valence-electron chi connectivity index (χ4n) is 2.93. The Morgan fingerprint density at radius 2 is 1.66 bits per heavy atom. The van der Waals surface area contributed by atoms with Crippen LogP contribution in [0.1, 0.15) is 10.4 Å². The van der Waals surface area contributed by atoms with Gasteiger partial charge in [0.25, 0.3) is 5.69 Å². The summed E-state index contributed by atoms with van der Waals surface area (Å²) in [6.07, 6.45) is 3.98. The number of pyridine rings is 1. The number of aromatic nitrogens is 3. The number of anilines is 2. The summed E-state index contributed by atoms with van der Waals surface area (Å²) in [5.74, 6) is 0.801. The minimum Gasteiger partial charge on any atom is -0.422 e. The molecule has 0 bridgehead atoms. The van der Waals surface area contributed by atoms with E-state index in [1.807, 2.05) is 36.4 Å². The molecule has 0 saturated heterocycles. The molecule has 4 aromatic rings. The molecule has 0 fully saturated rings. The van der Waals surface area contributed by atoms with Gasteiger partial charge in [0.2, 0.25) is 5.95 Å². The molecule has 0 unspecified atom stereocenters. The molecule has 0 aliphatic rings. The van der Waals surface area contributed by atoms with Crippen LogP contribution in [0.5, 0.6) is 5.75 Å². The van der Waals surface area contributed by atoms with Gasteiger partial charge in [-0.05, 0) is 17.5 Å². The van der Waals surface area contributed by atoms with E-state index in [-0.39, 0.29) is 11.3 Å². The van der Waals surface area contributed by atoms with Crippen LogP contribution in [0.2, 0.25) is 0 Å². The van der Waals surface area contributed by atoms with Crippen molar-refractivity contribution in [3.05, 3.63) is 88.9 Å². The summed E-state index contributed by atoms with van der Waals surface area (Å²) in [5, 5.41) is 18.5. The normalized spacial score (nSPS) is 10.5. The molecule has 0 amide bonds. The van der Waals surface area contributed by atoms with Crippen LogP contribution in [0.25, 0.3) is 10.8 Å². The third-order valence-electron chi connectivity index (χ3n) is 4.51.